The van der Waals surface area contributed by atoms with Gasteiger partial charge < -0.3 is 15.2 Å². The number of aryl methyl sites for hydroxylation is 2. The van der Waals surface area contributed by atoms with Crippen molar-refractivity contribution < 1.29 is 9.84 Å². The smallest absolute Gasteiger partial charge is 0.119 e. The maximum Gasteiger partial charge on any atom is 0.119 e. The molecule has 1 aliphatic carbocycles. The molecule has 0 saturated carbocycles. The number of anilines is 1. The number of hydrogen-bond acceptors (Lipinski definition) is 3. The van der Waals surface area contributed by atoms with Crippen LogP contribution in [0.2, 0.25) is 0 Å². The molecule has 0 amide bonds. The van der Waals surface area contributed by atoms with Gasteiger partial charge in [-0.15, -0.1) is 0 Å². The zero-order valence-corrected chi connectivity index (χ0v) is 12.5. The predicted octanol–water partition coefficient (Wildman–Crippen LogP) is 3.68. The summed E-state index contributed by atoms with van der Waals surface area (Å²) < 4.78 is 5.31. The van der Waals surface area contributed by atoms with Crippen LogP contribution in [0.25, 0.3) is 0 Å². The van der Waals surface area contributed by atoms with Crippen LogP contribution in [0.5, 0.6) is 11.5 Å². The molecule has 21 heavy (non-hydrogen) atoms. The highest BCUT2D eigenvalue weighted by Gasteiger charge is 2.19. The summed E-state index contributed by atoms with van der Waals surface area (Å²) in [6.07, 6.45) is 3.22. The third kappa shape index (κ3) is 2.97. The molecule has 1 atom stereocenters. The van der Waals surface area contributed by atoms with E-state index in [1.807, 2.05) is 25.1 Å². The van der Waals surface area contributed by atoms with Gasteiger partial charge in [0, 0.05) is 11.7 Å². The van der Waals surface area contributed by atoms with Crippen LogP contribution in [0.15, 0.2) is 36.4 Å². The van der Waals surface area contributed by atoms with Gasteiger partial charge in [0.1, 0.15) is 11.5 Å². The molecule has 0 radical (unpaired) electrons. The Morgan fingerprint density at radius 3 is 2.76 bits per heavy atom. The average molecular weight is 283 g/mol. The molecular formula is C18H21NO2. The van der Waals surface area contributed by atoms with Gasteiger partial charge in [0.25, 0.3) is 0 Å². The monoisotopic (exact) mass is 283 g/mol. The molecule has 2 N–H and O–H groups in total. The van der Waals surface area contributed by atoms with E-state index in [9.17, 15) is 5.11 Å². The van der Waals surface area contributed by atoms with Crippen molar-refractivity contribution >= 4 is 5.69 Å². The summed E-state index contributed by atoms with van der Waals surface area (Å²) in [5, 5.41) is 13.2. The Bertz CT molecular complexity index is 652. The summed E-state index contributed by atoms with van der Waals surface area (Å²) in [6, 6.07) is 12.5. The number of hydrogen-bond donors (Lipinski definition) is 2. The molecule has 1 unspecified atom stereocenters. The zero-order chi connectivity index (χ0) is 14.8. The molecule has 0 aliphatic heterocycles. The molecule has 0 fully saturated rings. The highest BCUT2D eigenvalue weighted by atomic mass is 16.5. The molecule has 0 aromatic heterocycles. The Kier molecular flexibility index (Phi) is 3.74. The van der Waals surface area contributed by atoms with E-state index in [1.54, 1.807) is 13.2 Å². The van der Waals surface area contributed by atoms with E-state index in [1.165, 1.54) is 11.1 Å². The summed E-state index contributed by atoms with van der Waals surface area (Å²) >= 11 is 0. The molecule has 1 aliphatic rings. The molecule has 2 aromatic rings. The van der Waals surface area contributed by atoms with Crippen molar-refractivity contribution in [2.24, 2.45) is 0 Å². The van der Waals surface area contributed by atoms with Crippen molar-refractivity contribution in [3.8, 4) is 11.5 Å². The standard InChI is InChI=1S/C18H21NO2/c1-12-9-15(6-8-18(12)20)19-16-5-3-13-4-7-17(21-2)11-14(13)10-16/h4,6-9,11,16,19-20H,3,5,10H2,1-2H3. The lowest BCUT2D eigenvalue weighted by Gasteiger charge is -2.27. The van der Waals surface area contributed by atoms with Gasteiger partial charge in [-0.05, 0) is 73.2 Å². The minimum Gasteiger partial charge on any atom is -0.508 e. The number of ether oxygens (including phenoxy) is 1. The fourth-order valence-electron chi connectivity index (χ4n) is 2.96. The SMILES string of the molecule is COc1ccc2c(c1)CC(Nc1ccc(O)c(C)c1)CC2. The molecule has 110 valence electrons. The Morgan fingerprint density at radius 2 is 2.00 bits per heavy atom. The molecule has 0 bridgehead atoms. The normalized spacial score (nSPS) is 17.1. The largest absolute Gasteiger partial charge is 0.508 e. The fraction of sp³-hybridized carbons (Fsp3) is 0.333. The Hall–Kier alpha value is -2.16. The van der Waals surface area contributed by atoms with Crippen LogP contribution in [-0.4, -0.2) is 18.3 Å². The third-order valence-electron chi connectivity index (χ3n) is 4.21. The quantitative estimate of drug-likeness (QED) is 0.844. The number of rotatable bonds is 3. The zero-order valence-electron chi connectivity index (χ0n) is 12.5. The minimum atomic E-state index is 0.347. The van der Waals surface area contributed by atoms with Crippen LogP contribution in [0.4, 0.5) is 5.69 Å². The van der Waals surface area contributed by atoms with E-state index in [4.69, 9.17) is 4.74 Å². The molecular weight excluding hydrogens is 262 g/mol. The van der Waals surface area contributed by atoms with Crippen LogP contribution in [0.1, 0.15) is 23.1 Å². The first kappa shape index (κ1) is 13.8. The van der Waals surface area contributed by atoms with Crippen molar-refractivity contribution in [2.45, 2.75) is 32.2 Å². The summed E-state index contributed by atoms with van der Waals surface area (Å²) in [6.45, 7) is 1.92. The van der Waals surface area contributed by atoms with Crippen LogP contribution < -0.4 is 10.1 Å². The van der Waals surface area contributed by atoms with Crippen molar-refractivity contribution in [2.75, 3.05) is 12.4 Å². The van der Waals surface area contributed by atoms with E-state index < -0.39 is 0 Å². The maximum absolute atomic E-state index is 9.60. The van der Waals surface area contributed by atoms with Gasteiger partial charge in [-0.25, -0.2) is 0 Å². The molecule has 3 rings (SSSR count). The second-order valence-electron chi connectivity index (χ2n) is 5.72. The lowest BCUT2D eigenvalue weighted by molar-refractivity contribution is 0.413. The van der Waals surface area contributed by atoms with Crippen molar-refractivity contribution in [1.82, 2.24) is 0 Å². The number of aromatic hydroxyl groups is 1. The van der Waals surface area contributed by atoms with E-state index in [-0.39, 0.29) is 0 Å². The van der Waals surface area contributed by atoms with Gasteiger partial charge in [0.05, 0.1) is 7.11 Å². The number of methoxy groups -OCH3 is 1. The highest BCUT2D eigenvalue weighted by molar-refractivity contribution is 5.51. The molecule has 0 heterocycles. The van der Waals surface area contributed by atoms with E-state index in [0.717, 1.165) is 36.3 Å². The lowest BCUT2D eigenvalue weighted by atomic mass is 9.88. The second-order valence-corrected chi connectivity index (χ2v) is 5.72. The molecule has 3 heteroatoms. The Labute approximate surface area is 125 Å². The van der Waals surface area contributed by atoms with Gasteiger partial charge in [0.15, 0.2) is 0 Å². The van der Waals surface area contributed by atoms with Crippen molar-refractivity contribution in [1.29, 1.82) is 0 Å². The summed E-state index contributed by atoms with van der Waals surface area (Å²) in [5.41, 5.74) is 4.77. The van der Waals surface area contributed by atoms with Gasteiger partial charge in [-0.3, -0.25) is 0 Å². The Morgan fingerprint density at radius 1 is 1.14 bits per heavy atom. The van der Waals surface area contributed by atoms with Gasteiger partial charge in [-0.1, -0.05) is 6.07 Å². The average Bonchev–Trinajstić information content (AvgIpc) is 2.50. The maximum atomic E-state index is 9.60. The number of nitrogens with one attached hydrogen (secondary N) is 1. The number of benzene rings is 2. The number of phenolic OH excluding ortho intramolecular Hbond substituents is 1. The van der Waals surface area contributed by atoms with Crippen molar-refractivity contribution in [3.05, 3.63) is 53.1 Å². The molecule has 3 nitrogen and oxygen atoms in total. The van der Waals surface area contributed by atoms with Crippen LogP contribution in [-0.2, 0) is 12.8 Å². The molecule has 0 spiro atoms. The summed E-state index contributed by atoms with van der Waals surface area (Å²) in [5.74, 6) is 1.27. The first-order valence-corrected chi connectivity index (χ1v) is 7.37. The van der Waals surface area contributed by atoms with E-state index in [2.05, 4.69) is 17.4 Å². The number of fused-ring (bicyclic) bond motifs is 1. The third-order valence-corrected chi connectivity index (χ3v) is 4.21. The fourth-order valence-corrected chi connectivity index (χ4v) is 2.96. The lowest BCUT2D eigenvalue weighted by Crippen LogP contribution is -2.27. The first-order chi connectivity index (χ1) is 10.2. The first-order valence-electron chi connectivity index (χ1n) is 7.37. The molecule has 2 aromatic carbocycles. The van der Waals surface area contributed by atoms with Gasteiger partial charge >= 0.3 is 0 Å². The van der Waals surface area contributed by atoms with Crippen LogP contribution >= 0.6 is 0 Å². The topological polar surface area (TPSA) is 41.5 Å². The minimum absolute atomic E-state index is 0.347. The second kappa shape index (κ2) is 5.68. The molecule has 0 saturated heterocycles. The van der Waals surface area contributed by atoms with E-state index in [0.29, 0.717) is 11.8 Å². The predicted molar refractivity (Wildman–Crippen MR) is 85.3 cm³/mol. The van der Waals surface area contributed by atoms with E-state index >= 15 is 0 Å². The van der Waals surface area contributed by atoms with Gasteiger partial charge in [0.2, 0.25) is 0 Å². The summed E-state index contributed by atoms with van der Waals surface area (Å²) in [7, 11) is 1.71. The number of phenols is 1. The highest BCUT2D eigenvalue weighted by Crippen LogP contribution is 2.28. The Balaban J connectivity index is 1.74. The summed E-state index contributed by atoms with van der Waals surface area (Å²) in [4.78, 5) is 0. The van der Waals surface area contributed by atoms with Crippen LogP contribution in [0.3, 0.4) is 0 Å². The van der Waals surface area contributed by atoms with Gasteiger partial charge in [-0.2, -0.15) is 0 Å². The van der Waals surface area contributed by atoms with Crippen molar-refractivity contribution in [3.63, 3.8) is 0 Å². The van der Waals surface area contributed by atoms with Crippen LogP contribution in [0, 0.1) is 6.92 Å².